The van der Waals surface area contributed by atoms with Crippen molar-refractivity contribution in [1.29, 1.82) is 5.26 Å². The van der Waals surface area contributed by atoms with Crippen molar-refractivity contribution in [2.24, 2.45) is 0 Å². The van der Waals surface area contributed by atoms with Gasteiger partial charge in [0.15, 0.2) is 0 Å². The van der Waals surface area contributed by atoms with Crippen LogP contribution in [0.25, 0.3) is 0 Å². The molecule has 0 bridgehead atoms. The third-order valence-electron chi connectivity index (χ3n) is 8.47. The molecule has 1 amide bonds. The molecule has 4 aliphatic heterocycles. The molecule has 11 nitrogen and oxygen atoms in total. The molecule has 0 radical (unpaired) electrons. The highest BCUT2D eigenvalue weighted by atomic mass is 16.5. The molecular formula is C28H35N7O4. The number of hydrogen-bond acceptors (Lipinski definition) is 9. The van der Waals surface area contributed by atoms with Crippen molar-refractivity contribution >= 4 is 11.9 Å². The zero-order chi connectivity index (χ0) is 26.9. The maximum atomic E-state index is 11.8. The van der Waals surface area contributed by atoms with Gasteiger partial charge < -0.3 is 29.3 Å². The Kier molecular flexibility index (Phi) is 7.14. The number of anilines is 1. The van der Waals surface area contributed by atoms with E-state index in [4.69, 9.17) is 19.4 Å². The molecule has 39 heavy (non-hydrogen) atoms. The van der Waals surface area contributed by atoms with Crippen LogP contribution in [0.1, 0.15) is 41.6 Å². The molecular weight excluding hydrogens is 498 g/mol. The summed E-state index contributed by atoms with van der Waals surface area (Å²) in [4.78, 5) is 29.7. The molecule has 1 aromatic heterocycles. The van der Waals surface area contributed by atoms with Gasteiger partial charge >= 0.3 is 12.1 Å². The minimum absolute atomic E-state index is 0.140. The average Bonchev–Trinajstić information content (AvgIpc) is 3.67. The third kappa shape index (κ3) is 5.18. The summed E-state index contributed by atoms with van der Waals surface area (Å²) in [5.41, 5.74) is 4.57. The van der Waals surface area contributed by atoms with E-state index >= 15 is 0 Å². The zero-order valence-corrected chi connectivity index (χ0v) is 22.4. The van der Waals surface area contributed by atoms with Crippen molar-refractivity contribution in [2.75, 3.05) is 51.3 Å². The van der Waals surface area contributed by atoms with Crippen LogP contribution in [0, 0.1) is 11.3 Å². The van der Waals surface area contributed by atoms with E-state index in [0.717, 1.165) is 61.8 Å². The first-order valence-corrected chi connectivity index (χ1v) is 13.8. The quantitative estimate of drug-likeness (QED) is 0.569. The predicted molar refractivity (Wildman–Crippen MR) is 143 cm³/mol. The number of fused-ring (bicyclic) bond motifs is 2. The summed E-state index contributed by atoms with van der Waals surface area (Å²) in [6.45, 7) is 5.75. The highest BCUT2D eigenvalue weighted by molar-refractivity contribution is 5.66. The number of carbonyl (C=O) groups is 1. The van der Waals surface area contributed by atoms with Crippen LogP contribution in [0.15, 0.2) is 18.2 Å². The largest absolute Gasteiger partial charge is 0.493 e. The number of hydrogen-bond donors (Lipinski definition) is 1. The molecule has 11 heteroatoms. The number of amides is 1. The molecule has 2 atom stereocenters. The van der Waals surface area contributed by atoms with Gasteiger partial charge in [-0.25, -0.2) is 4.79 Å². The number of aromatic nitrogens is 2. The van der Waals surface area contributed by atoms with Gasteiger partial charge in [0.2, 0.25) is 0 Å². The lowest BCUT2D eigenvalue weighted by atomic mass is 10.0. The summed E-state index contributed by atoms with van der Waals surface area (Å²) in [5, 5.41) is 19.0. The fourth-order valence-electron chi connectivity index (χ4n) is 6.34. The third-order valence-corrected chi connectivity index (χ3v) is 8.47. The molecule has 4 aliphatic rings. The van der Waals surface area contributed by atoms with Crippen molar-refractivity contribution in [2.45, 2.75) is 57.4 Å². The van der Waals surface area contributed by atoms with Gasteiger partial charge in [-0.15, -0.1) is 0 Å². The zero-order valence-electron chi connectivity index (χ0n) is 22.4. The van der Waals surface area contributed by atoms with Crippen molar-refractivity contribution < 1.29 is 19.4 Å². The van der Waals surface area contributed by atoms with Gasteiger partial charge in [0.1, 0.15) is 18.2 Å². The molecule has 1 N–H and O–H groups in total. The Morgan fingerprint density at radius 2 is 2.10 bits per heavy atom. The maximum Gasteiger partial charge on any atom is 0.407 e. The number of nitriles is 1. The highest BCUT2D eigenvalue weighted by Gasteiger charge is 2.35. The van der Waals surface area contributed by atoms with Crippen molar-refractivity contribution in [3.63, 3.8) is 0 Å². The number of ether oxygens (including phenoxy) is 2. The lowest BCUT2D eigenvalue weighted by Gasteiger charge is -2.40. The Morgan fingerprint density at radius 1 is 1.21 bits per heavy atom. The summed E-state index contributed by atoms with van der Waals surface area (Å²) in [6.07, 6.45) is 2.34. The minimum atomic E-state index is -0.988. The van der Waals surface area contributed by atoms with E-state index in [9.17, 15) is 15.2 Å². The average molecular weight is 534 g/mol. The second-order valence-corrected chi connectivity index (χ2v) is 10.9. The van der Waals surface area contributed by atoms with Crippen LogP contribution in [0.2, 0.25) is 0 Å². The van der Waals surface area contributed by atoms with Gasteiger partial charge in [-0.2, -0.15) is 15.2 Å². The first-order valence-electron chi connectivity index (χ1n) is 13.8. The van der Waals surface area contributed by atoms with Crippen molar-refractivity contribution in [1.82, 2.24) is 24.7 Å². The SMILES string of the molecule is CN1CCCC1COc1nc2c(c(N3CCN(C(=O)O)C(CC#N)C3)n1)CN(Cc1cccc3c1CCO3)C2. The normalized spacial score (nSPS) is 22.9. The Balaban J connectivity index is 1.26. The second kappa shape index (κ2) is 10.9. The molecule has 206 valence electrons. The van der Waals surface area contributed by atoms with E-state index in [1.54, 1.807) is 0 Å². The first-order chi connectivity index (χ1) is 19.0. The van der Waals surface area contributed by atoms with E-state index in [2.05, 4.69) is 39.9 Å². The standard InChI is InChI=1S/C28H35N7O4/c1-32-10-3-5-21(32)18-39-27-30-24-17-33(14-19-4-2-6-25-22(19)8-13-38-25)16-23(24)26(31-27)34-11-12-35(28(36)37)20(15-34)7-9-29/h2,4,6,20-21H,3,5,7-8,10-18H2,1H3,(H,36,37). The minimum Gasteiger partial charge on any atom is -0.493 e. The molecule has 2 fully saturated rings. The smallest absolute Gasteiger partial charge is 0.407 e. The Bertz CT molecular complexity index is 1280. The lowest BCUT2D eigenvalue weighted by molar-refractivity contribution is 0.119. The Hall–Kier alpha value is -3.62. The topological polar surface area (TPSA) is 118 Å². The molecule has 0 aliphatic carbocycles. The molecule has 1 aromatic carbocycles. The molecule has 2 unspecified atom stereocenters. The molecule has 0 spiro atoms. The second-order valence-electron chi connectivity index (χ2n) is 10.9. The van der Waals surface area contributed by atoms with Gasteiger partial charge in [0, 0.05) is 62.9 Å². The number of carboxylic acid groups (broad SMARTS) is 1. The van der Waals surface area contributed by atoms with Crippen LogP contribution in [0.3, 0.4) is 0 Å². The van der Waals surface area contributed by atoms with Crippen LogP contribution < -0.4 is 14.4 Å². The van der Waals surface area contributed by atoms with Crippen LogP contribution >= 0.6 is 0 Å². The van der Waals surface area contributed by atoms with Gasteiger partial charge in [-0.05, 0) is 38.1 Å². The first kappa shape index (κ1) is 25.6. The Morgan fingerprint density at radius 3 is 2.90 bits per heavy atom. The van der Waals surface area contributed by atoms with E-state index in [1.807, 2.05) is 6.07 Å². The number of nitrogens with zero attached hydrogens (tertiary/aromatic N) is 7. The molecule has 0 saturated carbocycles. The molecule has 6 rings (SSSR count). The van der Waals surface area contributed by atoms with E-state index in [1.165, 1.54) is 16.0 Å². The summed E-state index contributed by atoms with van der Waals surface area (Å²) >= 11 is 0. The fraction of sp³-hybridized carbons (Fsp3) is 0.571. The molecule has 5 heterocycles. The Labute approximate surface area is 228 Å². The summed E-state index contributed by atoms with van der Waals surface area (Å²) in [5.74, 6) is 1.78. The lowest BCUT2D eigenvalue weighted by Crippen LogP contribution is -2.55. The summed E-state index contributed by atoms with van der Waals surface area (Å²) in [6, 6.07) is 8.73. The van der Waals surface area contributed by atoms with Gasteiger partial charge in [-0.1, -0.05) is 12.1 Å². The summed E-state index contributed by atoms with van der Waals surface area (Å²) in [7, 11) is 2.12. The molecule has 2 aromatic rings. The van der Waals surface area contributed by atoms with E-state index in [-0.39, 0.29) is 6.42 Å². The number of benzene rings is 1. The van der Waals surface area contributed by atoms with Gasteiger partial charge in [-0.3, -0.25) is 4.90 Å². The number of likely N-dealkylation sites (tertiary alicyclic amines) is 1. The fourth-order valence-corrected chi connectivity index (χ4v) is 6.34. The summed E-state index contributed by atoms with van der Waals surface area (Å²) < 4.78 is 12.0. The number of likely N-dealkylation sites (N-methyl/N-ethyl adjacent to an activating group) is 1. The number of rotatable bonds is 7. The number of piperazine rings is 1. The van der Waals surface area contributed by atoms with Gasteiger partial charge in [0.05, 0.1) is 30.8 Å². The van der Waals surface area contributed by atoms with Crippen molar-refractivity contribution in [3.05, 3.63) is 40.6 Å². The van der Waals surface area contributed by atoms with Crippen LogP contribution in [-0.2, 0) is 26.1 Å². The van der Waals surface area contributed by atoms with E-state index < -0.39 is 12.1 Å². The monoisotopic (exact) mass is 533 g/mol. The predicted octanol–water partition coefficient (Wildman–Crippen LogP) is 2.48. The van der Waals surface area contributed by atoms with E-state index in [0.29, 0.717) is 51.4 Å². The maximum absolute atomic E-state index is 11.8. The molecule has 2 saturated heterocycles. The highest BCUT2D eigenvalue weighted by Crippen LogP contribution is 2.35. The van der Waals surface area contributed by atoms with Gasteiger partial charge in [0.25, 0.3) is 0 Å². The van der Waals surface area contributed by atoms with Crippen molar-refractivity contribution in [3.8, 4) is 17.8 Å². The van der Waals surface area contributed by atoms with Crippen LogP contribution in [0.5, 0.6) is 11.8 Å². The van der Waals surface area contributed by atoms with Crippen LogP contribution in [0.4, 0.5) is 10.6 Å². The van der Waals surface area contributed by atoms with Crippen LogP contribution in [-0.4, -0.2) is 94.4 Å².